The first-order valence-electron chi connectivity index (χ1n) is 4.38. The fourth-order valence-electron chi connectivity index (χ4n) is 1.08. The van der Waals surface area contributed by atoms with E-state index in [1.807, 2.05) is 0 Å². The number of hydrogen-bond acceptors (Lipinski definition) is 5. The zero-order chi connectivity index (χ0) is 11.6. The number of hydrogen-bond donors (Lipinski definition) is 2. The van der Waals surface area contributed by atoms with E-state index in [-0.39, 0.29) is 10.8 Å². The van der Waals surface area contributed by atoms with Crippen LogP contribution in [0.1, 0.15) is 5.82 Å². The average molecular weight is 239 g/mol. The fourth-order valence-corrected chi connectivity index (χ4v) is 2.04. The van der Waals surface area contributed by atoms with Gasteiger partial charge >= 0.3 is 0 Å². The minimum atomic E-state index is -3.66. The van der Waals surface area contributed by atoms with E-state index in [1.54, 1.807) is 6.92 Å². The second-order valence-electron chi connectivity index (χ2n) is 3.03. The lowest BCUT2D eigenvalue weighted by molar-refractivity contribution is 0.598. The number of aromatic amines is 1. The van der Waals surface area contributed by atoms with E-state index in [9.17, 15) is 8.42 Å². The van der Waals surface area contributed by atoms with E-state index in [0.717, 1.165) is 0 Å². The number of H-pyrrole nitrogens is 1. The summed E-state index contributed by atoms with van der Waals surface area (Å²) in [5, 5.41) is -0.00402. The van der Waals surface area contributed by atoms with Crippen molar-refractivity contribution in [1.82, 2.24) is 19.9 Å². The third-order valence-electron chi connectivity index (χ3n) is 1.77. The molecule has 84 valence electrons. The molecular formula is C8H9N5O2S. The van der Waals surface area contributed by atoms with Crippen LogP contribution in [-0.4, -0.2) is 28.4 Å². The van der Waals surface area contributed by atoms with Gasteiger partial charge in [0.15, 0.2) is 10.8 Å². The topological polar surface area (TPSA) is 101 Å². The molecule has 0 spiro atoms. The van der Waals surface area contributed by atoms with Crippen molar-refractivity contribution in [1.29, 1.82) is 0 Å². The smallest absolute Gasteiger partial charge is 0.280 e. The van der Waals surface area contributed by atoms with Gasteiger partial charge in [0.2, 0.25) is 0 Å². The highest BCUT2D eigenvalue weighted by Crippen LogP contribution is 2.10. The van der Waals surface area contributed by atoms with E-state index in [1.165, 1.54) is 24.8 Å². The van der Waals surface area contributed by atoms with Gasteiger partial charge in [-0.1, -0.05) is 0 Å². The van der Waals surface area contributed by atoms with Crippen molar-refractivity contribution >= 4 is 15.8 Å². The number of aromatic nitrogens is 4. The standard InChI is InChI=1S/C8H9N5O2S/c1-6-11-5-8(12-6)16(14,15)13-7-4-9-2-3-10-7/h2-5H,1H3,(H,10,13)(H,11,12). The van der Waals surface area contributed by atoms with Crippen LogP contribution in [0.25, 0.3) is 0 Å². The number of rotatable bonds is 3. The van der Waals surface area contributed by atoms with Gasteiger partial charge in [-0.25, -0.2) is 9.97 Å². The third kappa shape index (κ3) is 2.16. The Bertz CT molecular complexity index is 577. The lowest BCUT2D eigenvalue weighted by Crippen LogP contribution is -2.14. The van der Waals surface area contributed by atoms with Crippen LogP contribution in [0, 0.1) is 6.92 Å². The maximum absolute atomic E-state index is 11.8. The van der Waals surface area contributed by atoms with Crippen molar-refractivity contribution in [3.05, 3.63) is 30.6 Å². The van der Waals surface area contributed by atoms with Gasteiger partial charge in [0.1, 0.15) is 5.82 Å². The molecule has 7 nitrogen and oxygen atoms in total. The summed E-state index contributed by atoms with van der Waals surface area (Å²) in [6, 6.07) is 0. The van der Waals surface area contributed by atoms with E-state index < -0.39 is 10.0 Å². The first-order valence-corrected chi connectivity index (χ1v) is 5.87. The molecule has 0 fully saturated rings. The normalized spacial score (nSPS) is 11.3. The van der Waals surface area contributed by atoms with Gasteiger partial charge in [-0.15, -0.1) is 0 Å². The van der Waals surface area contributed by atoms with Crippen LogP contribution in [0.15, 0.2) is 29.8 Å². The molecular weight excluding hydrogens is 230 g/mol. The van der Waals surface area contributed by atoms with Crippen LogP contribution in [-0.2, 0) is 10.0 Å². The summed E-state index contributed by atoms with van der Waals surface area (Å²) in [6.45, 7) is 1.67. The van der Waals surface area contributed by atoms with Crippen LogP contribution in [0.4, 0.5) is 5.82 Å². The SMILES string of the molecule is Cc1ncc(S(=O)(=O)Nc2cnccn2)[nH]1. The molecule has 0 aromatic carbocycles. The minimum absolute atomic E-state index is 0.00402. The quantitative estimate of drug-likeness (QED) is 0.802. The lowest BCUT2D eigenvalue weighted by atomic mass is 10.7. The molecule has 0 unspecified atom stereocenters. The number of sulfonamides is 1. The Hall–Kier alpha value is -1.96. The molecule has 0 aliphatic carbocycles. The maximum Gasteiger partial charge on any atom is 0.280 e. The largest absolute Gasteiger partial charge is 0.332 e. The summed E-state index contributed by atoms with van der Waals surface area (Å²) in [6.07, 6.45) is 5.42. The first-order chi connectivity index (χ1) is 7.58. The van der Waals surface area contributed by atoms with Crippen LogP contribution in [0.5, 0.6) is 0 Å². The van der Waals surface area contributed by atoms with Gasteiger partial charge < -0.3 is 4.98 Å². The third-order valence-corrected chi connectivity index (χ3v) is 3.04. The number of aryl methyl sites for hydroxylation is 1. The highest BCUT2D eigenvalue weighted by atomic mass is 32.2. The van der Waals surface area contributed by atoms with Crippen LogP contribution >= 0.6 is 0 Å². The van der Waals surface area contributed by atoms with Gasteiger partial charge in [-0.2, -0.15) is 8.42 Å². The predicted octanol–water partition coefficient (Wildman–Crippen LogP) is 0.309. The Morgan fingerprint density at radius 2 is 2.06 bits per heavy atom. The van der Waals surface area contributed by atoms with Gasteiger partial charge in [0.05, 0.1) is 12.4 Å². The second-order valence-corrected chi connectivity index (χ2v) is 4.68. The average Bonchev–Trinajstić information content (AvgIpc) is 2.66. The highest BCUT2D eigenvalue weighted by Gasteiger charge is 2.16. The number of anilines is 1. The van der Waals surface area contributed by atoms with Crippen molar-refractivity contribution in [2.75, 3.05) is 4.72 Å². The van der Waals surface area contributed by atoms with Gasteiger partial charge in [-0.05, 0) is 6.92 Å². The summed E-state index contributed by atoms with van der Waals surface area (Å²) in [5.41, 5.74) is 0. The first kappa shape index (κ1) is 10.6. The van der Waals surface area contributed by atoms with Crippen molar-refractivity contribution in [2.24, 2.45) is 0 Å². The Balaban J connectivity index is 2.28. The number of imidazole rings is 1. The second kappa shape index (κ2) is 3.89. The number of nitrogens with one attached hydrogen (secondary N) is 2. The monoisotopic (exact) mass is 239 g/mol. The molecule has 2 aromatic rings. The molecule has 0 saturated carbocycles. The molecule has 2 N–H and O–H groups in total. The predicted molar refractivity (Wildman–Crippen MR) is 56.2 cm³/mol. The molecule has 0 bridgehead atoms. The molecule has 16 heavy (non-hydrogen) atoms. The molecule has 0 aliphatic rings. The summed E-state index contributed by atoms with van der Waals surface area (Å²) < 4.78 is 25.8. The minimum Gasteiger partial charge on any atom is -0.332 e. The summed E-state index contributed by atoms with van der Waals surface area (Å²) in [7, 11) is -3.66. The van der Waals surface area contributed by atoms with Crippen molar-refractivity contribution in [3.8, 4) is 0 Å². The van der Waals surface area contributed by atoms with Gasteiger partial charge in [-0.3, -0.25) is 9.71 Å². The summed E-state index contributed by atoms with van der Waals surface area (Å²) >= 11 is 0. The fraction of sp³-hybridized carbons (Fsp3) is 0.125. The number of nitrogens with zero attached hydrogens (tertiary/aromatic N) is 3. The van der Waals surface area contributed by atoms with Gasteiger partial charge in [0.25, 0.3) is 10.0 Å². The van der Waals surface area contributed by atoms with E-state index in [4.69, 9.17) is 0 Å². The Labute approximate surface area is 92.0 Å². The van der Waals surface area contributed by atoms with Crippen LogP contribution in [0.3, 0.4) is 0 Å². The van der Waals surface area contributed by atoms with Crippen LogP contribution in [0.2, 0.25) is 0 Å². The molecule has 2 rings (SSSR count). The molecule has 0 amide bonds. The molecule has 0 radical (unpaired) electrons. The molecule has 8 heteroatoms. The Kier molecular flexibility index (Phi) is 2.57. The summed E-state index contributed by atoms with van der Waals surface area (Å²) in [4.78, 5) is 14.0. The van der Waals surface area contributed by atoms with Crippen molar-refractivity contribution < 1.29 is 8.42 Å². The Morgan fingerprint density at radius 3 is 2.62 bits per heavy atom. The molecule has 0 saturated heterocycles. The van der Waals surface area contributed by atoms with Crippen LogP contribution < -0.4 is 4.72 Å². The Morgan fingerprint density at radius 1 is 1.25 bits per heavy atom. The van der Waals surface area contributed by atoms with Gasteiger partial charge in [0, 0.05) is 12.4 Å². The highest BCUT2D eigenvalue weighted by molar-refractivity contribution is 7.92. The van der Waals surface area contributed by atoms with E-state index in [0.29, 0.717) is 5.82 Å². The summed E-state index contributed by atoms with van der Waals surface area (Å²) in [5.74, 6) is 0.689. The van der Waals surface area contributed by atoms with E-state index in [2.05, 4.69) is 24.7 Å². The zero-order valence-corrected chi connectivity index (χ0v) is 9.19. The van der Waals surface area contributed by atoms with E-state index >= 15 is 0 Å². The van der Waals surface area contributed by atoms with Crippen molar-refractivity contribution in [3.63, 3.8) is 0 Å². The molecule has 2 heterocycles. The van der Waals surface area contributed by atoms with Crippen molar-refractivity contribution in [2.45, 2.75) is 11.9 Å². The molecule has 0 atom stereocenters. The zero-order valence-electron chi connectivity index (χ0n) is 8.38. The molecule has 2 aromatic heterocycles. The maximum atomic E-state index is 11.8. The lowest BCUT2D eigenvalue weighted by Gasteiger charge is -2.03. The molecule has 0 aliphatic heterocycles.